The van der Waals surface area contributed by atoms with Crippen molar-refractivity contribution in [1.29, 1.82) is 0 Å². The lowest BCUT2D eigenvalue weighted by Gasteiger charge is -2.19. The molecule has 0 saturated carbocycles. The molecule has 1 aromatic carbocycles. The van der Waals surface area contributed by atoms with Crippen LogP contribution in [0.2, 0.25) is 5.02 Å². The summed E-state index contributed by atoms with van der Waals surface area (Å²) in [5, 5.41) is 7.64. The molecule has 0 aliphatic carbocycles. The van der Waals surface area contributed by atoms with Crippen molar-refractivity contribution < 1.29 is 40.4 Å². The van der Waals surface area contributed by atoms with E-state index in [1.54, 1.807) is 0 Å². The number of aromatic nitrogens is 1. The van der Waals surface area contributed by atoms with Gasteiger partial charge in [0.05, 0.1) is 26.2 Å². The highest BCUT2D eigenvalue weighted by molar-refractivity contribution is 7.93. The molecule has 3 rings (SSSR count). The highest BCUT2D eigenvalue weighted by atomic mass is 35.5. The summed E-state index contributed by atoms with van der Waals surface area (Å²) < 4.78 is 73.8. The van der Waals surface area contributed by atoms with Crippen molar-refractivity contribution in [1.82, 2.24) is 10.5 Å². The van der Waals surface area contributed by atoms with E-state index in [9.17, 15) is 21.6 Å². The number of benzene rings is 1. The van der Waals surface area contributed by atoms with Gasteiger partial charge in [-0.3, -0.25) is 4.79 Å². The van der Waals surface area contributed by atoms with Crippen LogP contribution < -0.4 is 24.2 Å². The maximum absolute atomic E-state index is 12.9. The predicted molar refractivity (Wildman–Crippen MR) is 137 cm³/mol. The third kappa shape index (κ3) is 5.95. The van der Waals surface area contributed by atoms with E-state index >= 15 is 0 Å². The van der Waals surface area contributed by atoms with Crippen molar-refractivity contribution in [3.8, 4) is 17.2 Å². The van der Waals surface area contributed by atoms with Gasteiger partial charge in [0.2, 0.25) is 5.75 Å². The number of methoxy groups -OCH3 is 3. The Morgan fingerprint density at radius 1 is 1.11 bits per heavy atom. The average Bonchev–Trinajstić information content (AvgIpc) is 3.46. The molecular weight excluding hydrogens is 570 g/mol. The number of carbonyl (C=O) groups is 1. The Hall–Kier alpha value is -3.01. The second-order valence-corrected chi connectivity index (χ2v) is 12.5. The molecule has 1 amide bonds. The van der Waals surface area contributed by atoms with Crippen molar-refractivity contribution in [3.05, 3.63) is 38.7 Å². The normalized spacial score (nSPS) is 11.7. The average molecular weight is 594 g/mol. The number of rotatable bonds is 11. The van der Waals surface area contributed by atoms with Crippen LogP contribution in [0.25, 0.3) is 0 Å². The maximum atomic E-state index is 12.9. The number of amides is 1. The molecule has 16 heteroatoms. The van der Waals surface area contributed by atoms with E-state index in [2.05, 4.69) is 15.2 Å². The first kappa shape index (κ1) is 28.6. The zero-order valence-electron chi connectivity index (χ0n) is 20.4. The minimum absolute atomic E-state index is 0.00430. The number of aryl methyl sites for hydroxylation is 1. The van der Waals surface area contributed by atoms with Crippen molar-refractivity contribution in [2.75, 3.05) is 38.9 Å². The van der Waals surface area contributed by atoms with E-state index < -0.39 is 25.8 Å². The molecule has 0 saturated heterocycles. The van der Waals surface area contributed by atoms with Gasteiger partial charge in [-0.15, -0.1) is 11.3 Å². The fourth-order valence-electron chi connectivity index (χ4n) is 3.42. The Bertz CT molecular complexity index is 1530. The van der Waals surface area contributed by atoms with E-state index in [0.29, 0.717) is 5.69 Å². The zero-order valence-corrected chi connectivity index (χ0v) is 23.6. The molecule has 2 N–H and O–H groups in total. The van der Waals surface area contributed by atoms with Gasteiger partial charge in [0, 0.05) is 24.4 Å². The summed E-state index contributed by atoms with van der Waals surface area (Å²) >= 11 is 6.89. The second kappa shape index (κ2) is 11.2. The van der Waals surface area contributed by atoms with Gasteiger partial charge in [-0.1, -0.05) is 16.8 Å². The Kier molecular flexibility index (Phi) is 8.62. The van der Waals surface area contributed by atoms with Crippen molar-refractivity contribution in [2.24, 2.45) is 0 Å². The molecule has 0 aliphatic rings. The van der Waals surface area contributed by atoms with Crippen molar-refractivity contribution in [3.63, 3.8) is 0 Å². The van der Waals surface area contributed by atoms with Gasteiger partial charge >= 0.3 is 0 Å². The predicted octanol–water partition coefficient (Wildman–Crippen LogP) is 2.90. The fourth-order valence-corrected chi connectivity index (χ4v) is 6.89. The minimum atomic E-state index is -4.23. The Morgan fingerprint density at radius 2 is 1.78 bits per heavy atom. The number of nitrogens with zero attached hydrogens (tertiary/aromatic N) is 1. The lowest BCUT2D eigenvalue weighted by atomic mass is 10.1. The first-order chi connectivity index (χ1) is 17.3. The summed E-state index contributed by atoms with van der Waals surface area (Å²) in [6, 6.07) is 2.58. The molecule has 3 aromatic rings. The van der Waals surface area contributed by atoms with Crippen LogP contribution in [-0.2, 0) is 26.3 Å². The number of carbonyl (C=O) groups excluding carboxylic acids is 1. The smallest absolute Gasteiger partial charge is 0.265 e. The molecule has 2 aromatic heterocycles. The Morgan fingerprint density at radius 3 is 2.32 bits per heavy atom. The number of sulfone groups is 1. The summed E-state index contributed by atoms with van der Waals surface area (Å²) in [5.41, 5.74) is 0.556. The second-order valence-electron chi connectivity index (χ2n) is 7.53. The summed E-state index contributed by atoms with van der Waals surface area (Å²) in [6.07, 6.45) is 1.06. The zero-order chi connectivity index (χ0) is 27.5. The summed E-state index contributed by atoms with van der Waals surface area (Å²) in [5.74, 6) is -0.464. The topological polar surface area (TPSA) is 163 Å². The molecule has 0 unspecified atom stereocenters. The molecule has 12 nitrogen and oxygen atoms in total. The summed E-state index contributed by atoms with van der Waals surface area (Å²) in [4.78, 5) is 12.5. The first-order valence-electron chi connectivity index (χ1n) is 10.4. The number of hydrogen-bond donors (Lipinski definition) is 2. The number of thiophene rings is 1. The largest absolute Gasteiger partial charge is 0.493 e. The van der Waals surface area contributed by atoms with Crippen LogP contribution in [0.3, 0.4) is 0 Å². The third-order valence-electron chi connectivity index (χ3n) is 5.09. The first-order valence-corrected chi connectivity index (χ1v) is 15.0. The quantitative estimate of drug-likeness (QED) is 0.338. The maximum Gasteiger partial charge on any atom is 0.265 e. The monoisotopic (exact) mass is 593 g/mol. The van der Waals surface area contributed by atoms with E-state index in [0.717, 1.165) is 17.6 Å². The number of ether oxygens (including phenoxy) is 3. The molecule has 0 radical (unpaired) electrons. The van der Waals surface area contributed by atoms with Gasteiger partial charge in [-0.25, -0.2) is 21.6 Å². The Balaban J connectivity index is 1.85. The number of halogens is 1. The fraction of sp³-hybridized carbons (Fsp3) is 0.333. The number of sulfonamides is 1. The van der Waals surface area contributed by atoms with Gasteiger partial charge in [0.25, 0.3) is 21.8 Å². The third-order valence-corrected chi connectivity index (χ3v) is 9.12. The number of nitrogens with one attached hydrogen (secondary N) is 2. The van der Waals surface area contributed by atoms with Gasteiger partial charge in [-0.05, 0) is 24.8 Å². The van der Waals surface area contributed by atoms with Gasteiger partial charge < -0.3 is 24.1 Å². The molecule has 0 aliphatic heterocycles. The van der Waals surface area contributed by atoms with E-state index in [4.69, 9.17) is 30.3 Å². The van der Waals surface area contributed by atoms with Crippen LogP contribution in [0.4, 0.5) is 5.88 Å². The van der Waals surface area contributed by atoms with Crippen molar-refractivity contribution >= 4 is 54.6 Å². The van der Waals surface area contributed by atoms with Crippen molar-refractivity contribution in [2.45, 2.75) is 23.1 Å². The lowest BCUT2D eigenvalue weighted by Crippen LogP contribution is -2.27. The lowest BCUT2D eigenvalue weighted by molar-refractivity contribution is 0.0955. The highest BCUT2D eigenvalue weighted by Crippen LogP contribution is 2.43. The SMILES string of the molecule is COc1cc(S(C)(=O)=O)c(CCNC(=O)c2sccc2S(=O)(=O)Nc2onc(C)c2Cl)c(OC)c1OC. The number of anilines is 1. The molecule has 37 heavy (non-hydrogen) atoms. The van der Waals surface area contributed by atoms with Gasteiger partial charge in [0.1, 0.15) is 20.5 Å². The van der Waals surface area contributed by atoms with Crippen LogP contribution in [-0.4, -0.2) is 62.0 Å². The standard InChI is InChI=1S/C21H24ClN3O9S3/c1-11-16(22)21(34-24-11)25-37(29,30)14-7-9-35-19(14)20(26)23-8-6-12-15(36(5,27)28)10-13(31-2)18(33-4)17(12)32-3/h7,9-10,25H,6,8H2,1-5H3,(H,23,26). The van der Waals surface area contributed by atoms with E-state index in [1.807, 2.05) is 0 Å². The van der Waals surface area contributed by atoms with Gasteiger partial charge in [-0.2, -0.15) is 0 Å². The molecule has 2 heterocycles. The van der Waals surface area contributed by atoms with Crippen LogP contribution in [0.15, 0.2) is 31.8 Å². The van der Waals surface area contributed by atoms with E-state index in [1.165, 1.54) is 45.8 Å². The van der Waals surface area contributed by atoms with Gasteiger partial charge in [0.15, 0.2) is 21.3 Å². The summed E-state index contributed by atoms with van der Waals surface area (Å²) in [7, 11) is -3.85. The molecular formula is C21H24ClN3O9S3. The molecule has 202 valence electrons. The highest BCUT2D eigenvalue weighted by Gasteiger charge is 2.28. The van der Waals surface area contributed by atoms with Crippen LogP contribution in [0.1, 0.15) is 20.9 Å². The molecule has 0 atom stereocenters. The van der Waals surface area contributed by atoms with Crippen LogP contribution >= 0.6 is 22.9 Å². The van der Waals surface area contributed by atoms with Crippen LogP contribution in [0.5, 0.6) is 17.2 Å². The summed E-state index contributed by atoms with van der Waals surface area (Å²) in [6.45, 7) is 1.49. The van der Waals surface area contributed by atoms with Crippen LogP contribution in [0, 0.1) is 6.92 Å². The minimum Gasteiger partial charge on any atom is -0.493 e. The molecule has 0 bridgehead atoms. The molecule has 0 fully saturated rings. The Labute approximate surface area is 222 Å². The molecule has 0 spiro atoms. The van der Waals surface area contributed by atoms with E-state index in [-0.39, 0.29) is 61.4 Å². The number of hydrogen-bond acceptors (Lipinski definition) is 11.